The van der Waals surface area contributed by atoms with Crippen LogP contribution in [0.4, 0.5) is 21.0 Å². The van der Waals surface area contributed by atoms with E-state index in [-0.39, 0.29) is 47.0 Å². The number of likely N-dealkylation sites (tertiary alicyclic amines) is 1. The van der Waals surface area contributed by atoms with Crippen LogP contribution in [0, 0.1) is 31.6 Å². The standard InChI is InChI=1S/C24H23N5O9S/c1-15(30)39-21-10-20(27(13-21)24(32)37-14-16-2-6-18(7-3-16)28(33)34)12-26-23(31)38-22(11-25)17-4-8-19(9-5-17)29(35)36/h2-9,20-22H,10,12-14H2,1H3,(H,26,31)/t20-,21+,22?/m0/s1. The fraction of sp³-hybridized carbons (Fsp3) is 0.333. The average Bonchev–Trinajstić information content (AvgIpc) is 3.31. The van der Waals surface area contributed by atoms with Gasteiger partial charge in [0, 0.05) is 55.1 Å². The van der Waals surface area contributed by atoms with Crippen LogP contribution in [0.15, 0.2) is 48.5 Å². The maximum Gasteiger partial charge on any atom is 0.410 e. The third kappa shape index (κ3) is 8.14. The SMILES string of the molecule is CC(=O)S[C@@H]1C[C@@H](CNC(=O)OC(C#N)c2ccc([N+](=O)[O-])cc2)N(C(=O)OCc2ccc([N+](=O)[O-])cc2)C1. The Kier molecular flexibility index (Phi) is 9.76. The Bertz CT molecular complexity index is 1280. The van der Waals surface area contributed by atoms with Crippen LogP contribution in [-0.2, 0) is 20.9 Å². The molecule has 2 aromatic carbocycles. The lowest BCUT2D eigenvalue weighted by Gasteiger charge is -2.24. The third-order valence-corrected chi connectivity index (χ3v) is 6.69. The molecule has 39 heavy (non-hydrogen) atoms. The summed E-state index contributed by atoms with van der Waals surface area (Å²) in [6.07, 6.45) is -2.58. The lowest BCUT2D eigenvalue weighted by molar-refractivity contribution is -0.385. The lowest BCUT2D eigenvalue weighted by atomic mass is 10.1. The van der Waals surface area contributed by atoms with Crippen molar-refractivity contribution in [1.29, 1.82) is 5.26 Å². The molecule has 0 spiro atoms. The third-order valence-electron chi connectivity index (χ3n) is 5.68. The predicted octanol–water partition coefficient (Wildman–Crippen LogP) is 3.85. The average molecular weight is 558 g/mol. The zero-order chi connectivity index (χ0) is 28.5. The number of carbonyl (C=O) groups excluding carboxylic acids is 3. The number of benzene rings is 2. The summed E-state index contributed by atoms with van der Waals surface area (Å²) < 4.78 is 10.5. The van der Waals surface area contributed by atoms with Gasteiger partial charge < -0.3 is 19.7 Å². The van der Waals surface area contributed by atoms with Gasteiger partial charge in [0.25, 0.3) is 11.4 Å². The molecule has 0 radical (unpaired) electrons. The topological polar surface area (TPSA) is 195 Å². The van der Waals surface area contributed by atoms with Crippen molar-refractivity contribution in [2.45, 2.75) is 37.3 Å². The molecule has 1 aliphatic heterocycles. The van der Waals surface area contributed by atoms with E-state index in [4.69, 9.17) is 9.47 Å². The van der Waals surface area contributed by atoms with Gasteiger partial charge in [-0.1, -0.05) is 11.8 Å². The molecule has 1 heterocycles. The Morgan fingerprint density at radius 3 is 2.23 bits per heavy atom. The number of nitriles is 1. The zero-order valence-corrected chi connectivity index (χ0v) is 21.4. The molecule has 15 heteroatoms. The first-order valence-electron chi connectivity index (χ1n) is 11.5. The number of ether oxygens (including phenoxy) is 2. The smallest absolute Gasteiger partial charge is 0.410 e. The minimum absolute atomic E-state index is 0.0567. The molecule has 1 N–H and O–H groups in total. The van der Waals surface area contributed by atoms with Gasteiger partial charge in [-0.25, -0.2) is 9.59 Å². The van der Waals surface area contributed by atoms with E-state index >= 15 is 0 Å². The highest BCUT2D eigenvalue weighted by Crippen LogP contribution is 2.29. The summed E-state index contributed by atoms with van der Waals surface area (Å²) in [7, 11) is 0. The van der Waals surface area contributed by atoms with E-state index in [2.05, 4.69) is 5.32 Å². The Labute approximate surface area is 226 Å². The molecular weight excluding hydrogens is 534 g/mol. The quantitative estimate of drug-likeness (QED) is 0.347. The van der Waals surface area contributed by atoms with Crippen molar-refractivity contribution in [3.63, 3.8) is 0 Å². The number of nitro benzene ring substituents is 2. The Morgan fingerprint density at radius 1 is 1.10 bits per heavy atom. The molecule has 0 saturated carbocycles. The van der Waals surface area contributed by atoms with E-state index in [0.717, 1.165) is 11.8 Å². The summed E-state index contributed by atoms with van der Waals surface area (Å²) >= 11 is 1.07. The van der Waals surface area contributed by atoms with Gasteiger partial charge >= 0.3 is 12.2 Å². The monoisotopic (exact) mass is 557 g/mol. The zero-order valence-electron chi connectivity index (χ0n) is 20.6. The van der Waals surface area contributed by atoms with Crippen molar-refractivity contribution in [3.05, 3.63) is 79.9 Å². The van der Waals surface area contributed by atoms with Crippen LogP contribution >= 0.6 is 11.8 Å². The maximum absolute atomic E-state index is 12.8. The summed E-state index contributed by atoms with van der Waals surface area (Å²) in [6.45, 7) is 1.40. The molecule has 3 rings (SSSR count). The lowest BCUT2D eigenvalue weighted by Crippen LogP contribution is -2.43. The summed E-state index contributed by atoms with van der Waals surface area (Å²) in [4.78, 5) is 58.7. The molecule has 1 aliphatic rings. The van der Waals surface area contributed by atoms with Crippen LogP contribution in [0.2, 0.25) is 0 Å². The molecule has 1 saturated heterocycles. The highest BCUT2D eigenvalue weighted by molar-refractivity contribution is 8.14. The molecule has 14 nitrogen and oxygen atoms in total. The fourth-order valence-corrected chi connectivity index (χ4v) is 4.87. The summed E-state index contributed by atoms with van der Waals surface area (Å²) in [5, 5.41) is 33.1. The van der Waals surface area contributed by atoms with Gasteiger partial charge in [0.15, 0.2) is 5.12 Å². The van der Waals surface area contributed by atoms with Crippen LogP contribution in [-0.4, -0.2) is 56.4 Å². The number of carbonyl (C=O) groups is 3. The highest BCUT2D eigenvalue weighted by Gasteiger charge is 2.37. The van der Waals surface area contributed by atoms with E-state index in [1.165, 1.54) is 60.4 Å². The van der Waals surface area contributed by atoms with E-state index in [9.17, 15) is 39.9 Å². The molecule has 3 atom stereocenters. The van der Waals surface area contributed by atoms with Crippen LogP contribution in [0.1, 0.15) is 30.6 Å². The van der Waals surface area contributed by atoms with Gasteiger partial charge in [0.2, 0.25) is 6.10 Å². The number of alkyl carbamates (subject to hydrolysis) is 1. The summed E-state index contributed by atoms with van der Waals surface area (Å²) in [5.41, 5.74) is 0.502. The van der Waals surface area contributed by atoms with E-state index in [1.54, 1.807) is 0 Å². The maximum atomic E-state index is 12.8. The molecule has 0 bridgehead atoms. The van der Waals surface area contributed by atoms with Crippen molar-refractivity contribution in [3.8, 4) is 6.07 Å². The summed E-state index contributed by atoms with van der Waals surface area (Å²) in [5.74, 6) is 0. The number of amides is 2. The van der Waals surface area contributed by atoms with Gasteiger partial charge in [-0.05, 0) is 36.2 Å². The first-order valence-corrected chi connectivity index (χ1v) is 12.4. The van der Waals surface area contributed by atoms with Crippen molar-refractivity contribution in [2.24, 2.45) is 0 Å². The number of rotatable bonds is 9. The molecule has 1 unspecified atom stereocenters. The second-order valence-corrected chi connectivity index (χ2v) is 9.87. The normalized spacial score (nSPS) is 17.0. The predicted molar refractivity (Wildman–Crippen MR) is 136 cm³/mol. The largest absolute Gasteiger partial charge is 0.445 e. The summed E-state index contributed by atoms with van der Waals surface area (Å²) in [6, 6.07) is 11.8. The molecule has 2 amide bonds. The number of hydrogen-bond donors (Lipinski definition) is 1. The number of nitrogens with one attached hydrogen (secondary N) is 1. The molecule has 0 aromatic heterocycles. The van der Waals surface area contributed by atoms with Gasteiger partial charge in [-0.15, -0.1) is 0 Å². The van der Waals surface area contributed by atoms with Gasteiger partial charge in [-0.2, -0.15) is 5.26 Å². The molecule has 1 fully saturated rings. The van der Waals surface area contributed by atoms with Crippen molar-refractivity contribution >= 4 is 40.4 Å². The number of nitrogens with zero attached hydrogens (tertiary/aromatic N) is 4. The van der Waals surface area contributed by atoms with Crippen molar-refractivity contribution < 1.29 is 33.7 Å². The van der Waals surface area contributed by atoms with Gasteiger partial charge in [0.1, 0.15) is 12.7 Å². The number of hydrogen-bond acceptors (Lipinski definition) is 11. The first-order chi connectivity index (χ1) is 18.6. The number of non-ortho nitro benzene ring substituents is 2. The molecule has 204 valence electrons. The minimum atomic E-state index is -1.32. The van der Waals surface area contributed by atoms with Crippen molar-refractivity contribution in [1.82, 2.24) is 10.2 Å². The van der Waals surface area contributed by atoms with Gasteiger partial charge in [0.05, 0.1) is 15.9 Å². The molecule has 2 aromatic rings. The molecular formula is C24H23N5O9S. The number of nitro groups is 2. The van der Waals surface area contributed by atoms with E-state index < -0.39 is 34.2 Å². The highest BCUT2D eigenvalue weighted by atomic mass is 32.2. The minimum Gasteiger partial charge on any atom is -0.445 e. The van der Waals surface area contributed by atoms with Crippen LogP contribution < -0.4 is 5.32 Å². The Balaban J connectivity index is 1.59. The van der Waals surface area contributed by atoms with Crippen LogP contribution in [0.25, 0.3) is 0 Å². The van der Waals surface area contributed by atoms with Gasteiger partial charge in [-0.3, -0.25) is 25.0 Å². The van der Waals surface area contributed by atoms with E-state index in [0.29, 0.717) is 12.0 Å². The van der Waals surface area contributed by atoms with Crippen LogP contribution in [0.3, 0.4) is 0 Å². The van der Waals surface area contributed by atoms with E-state index in [1.807, 2.05) is 6.07 Å². The number of thioether (sulfide) groups is 1. The Morgan fingerprint density at radius 2 is 1.69 bits per heavy atom. The molecule has 0 aliphatic carbocycles. The van der Waals surface area contributed by atoms with Crippen LogP contribution in [0.5, 0.6) is 0 Å². The second kappa shape index (κ2) is 13.2. The Hall–Kier alpha value is -4.71. The first kappa shape index (κ1) is 28.9. The van der Waals surface area contributed by atoms with Crippen molar-refractivity contribution in [2.75, 3.05) is 13.1 Å². The fourth-order valence-electron chi connectivity index (χ4n) is 3.84. The second-order valence-electron chi connectivity index (χ2n) is 8.40.